The van der Waals surface area contributed by atoms with Gasteiger partial charge in [-0.05, 0) is 23.1 Å². The lowest BCUT2D eigenvalue weighted by Gasteiger charge is -2.20. The van der Waals surface area contributed by atoms with Crippen molar-refractivity contribution < 1.29 is 23.5 Å². The lowest BCUT2D eigenvalue weighted by atomic mass is 9.91. The maximum absolute atomic E-state index is 12.7. The average Bonchev–Trinajstić information content (AvgIpc) is 3.27. The molecule has 0 unspecified atom stereocenters. The molecule has 1 heterocycles. The van der Waals surface area contributed by atoms with E-state index >= 15 is 0 Å². The Morgan fingerprint density at radius 1 is 1.03 bits per heavy atom. The number of nitrogens with zero attached hydrogens (tertiary/aromatic N) is 2. The average molecular weight is 454 g/mol. The van der Waals surface area contributed by atoms with E-state index in [0.29, 0.717) is 47.4 Å². The summed E-state index contributed by atoms with van der Waals surface area (Å²) in [6.45, 7) is 6.07. The third-order valence-corrected chi connectivity index (χ3v) is 4.97. The van der Waals surface area contributed by atoms with Crippen LogP contribution in [0.4, 0.5) is 0 Å². The maximum Gasteiger partial charge on any atom is 0.249 e. The van der Waals surface area contributed by atoms with E-state index in [1.165, 1.54) is 0 Å². The van der Waals surface area contributed by atoms with Crippen LogP contribution in [0.15, 0.2) is 47.0 Å². The minimum absolute atomic E-state index is 0.0732. The third-order valence-electron chi connectivity index (χ3n) is 4.97. The van der Waals surface area contributed by atoms with Crippen molar-refractivity contribution in [3.05, 3.63) is 53.9 Å². The Bertz CT molecular complexity index is 1050. The fourth-order valence-corrected chi connectivity index (χ4v) is 3.48. The number of aromatic nitrogens is 2. The summed E-state index contributed by atoms with van der Waals surface area (Å²) in [5.41, 5.74) is 1.54. The molecule has 2 aromatic carbocycles. The number of methoxy groups -OCH3 is 3. The van der Waals surface area contributed by atoms with Gasteiger partial charge in [-0.3, -0.25) is 4.79 Å². The van der Waals surface area contributed by atoms with Gasteiger partial charge in [-0.15, -0.1) is 0 Å². The first-order chi connectivity index (χ1) is 15.7. The highest BCUT2D eigenvalue weighted by Crippen LogP contribution is 2.40. The normalized spacial score (nSPS) is 12.2. The largest absolute Gasteiger partial charge is 0.493 e. The monoisotopic (exact) mass is 453 g/mol. The van der Waals surface area contributed by atoms with E-state index in [2.05, 4.69) is 15.5 Å². The topological polar surface area (TPSA) is 95.7 Å². The van der Waals surface area contributed by atoms with E-state index in [1.54, 1.807) is 33.5 Å². The second kappa shape index (κ2) is 10.4. The molecule has 176 valence electrons. The molecule has 0 saturated carbocycles. The molecule has 1 N–H and O–H groups in total. The van der Waals surface area contributed by atoms with E-state index in [-0.39, 0.29) is 11.3 Å². The molecule has 0 saturated heterocycles. The Labute approximate surface area is 194 Å². The quantitative estimate of drug-likeness (QED) is 0.506. The molecule has 33 heavy (non-hydrogen) atoms. The van der Waals surface area contributed by atoms with Gasteiger partial charge in [-0.1, -0.05) is 56.3 Å². The molecule has 0 fully saturated rings. The second-order valence-corrected chi connectivity index (χ2v) is 8.92. The van der Waals surface area contributed by atoms with E-state index in [9.17, 15) is 4.79 Å². The molecular formula is C25H31N3O5. The Morgan fingerprint density at radius 2 is 1.67 bits per heavy atom. The van der Waals surface area contributed by atoms with Crippen LogP contribution in [0.5, 0.6) is 17.2 Å². The van der Waals surface area contributed by atoms with Gasteiger partial charge in [-0.2, -0.15) is 4.98 Å². The van der Waals surface area contributed by atoms with E-state index < -0.39 is 6.04 Å². The van der Waals surface area contributed by atoms with Crippen LogP contribution in [0.25, 0.3) is 11.4 Å². The van der Waals surface area contributed by atoms with E-state index in [1.807, 2.05) is 51.1 Å². The maximum atomic E-state index is 12.7. The highest BCUT2D eigenvalue weighted by atomic mass is 16.5. The lowest BCUT2D eigenvalue weighted by Crippen LogP contribution is -2.32. The van der Waals surface area contributed by atoms with Crippen molar-refractivity contribution in [1.29, 1.82) is 0 Å². The van der Waals surface area contributed by atoms with Crippen LogP contribution in [0.3, 0.4) is 0 Å². The summed E-state index contributed by atoms with van der Waals surface area (Å²) < 4.78 is 21.8. The van der Waals surface area contributed by atoms with Gasteiger partial charge in [0.25, 0.3) is 0 Å². The number of carbonyl (C=O) groups excluding carboxylic acids is 1. The summed E-state index contributed by atoms with van der Waals surface area (Å²) in [7, 11) is 4.63. The summed E-state index contributed by atoms with van der Waals surface area (Å²) in [5, 5.41) is 7.21. The van der Waals surface area contributed by atoms with Crippen molar-refractivity contribution in [3.63, 3.8) is 0 Å². The number of rotatable bonds is 9. The summed E-state index contributed by atoms with van der Waals surface area (Å²) >= 11 is 0. The number of nitrogens with one attached hydrogen (secondary N) is 1. The number of hydrogen-bond acceptors (Lipinski definition) is 7. The van der Waals surface area contributed by atoms with Crippen molar-refractivity contribution in [2.75, 3.05) is 21.3 Å². The smallest absolute Gasteiger partial charge is 0.249 e. The Kier molecular flexibility index (Phi) is 7.58. The van der Waals surface area contributed by atoms with Crippen molar-refractivity contribution in [1.82, 2.24) is 15.5 Å². The minimum atomic E-state index is -0.467. The SMILES string of the molecule is COc1cc(-c2noc([C@@H](Cc3ccccc3)NC(=O)CC(C)(C)C)n2)cc(OC)c1OC. The summed E-state index contributed by atoms with van der Waals surface area (Å²) in [6, 6.07) is 12.9. The molecular weight excluding hydrogens is 422 g/mol. The van der Waals surface area contributed by atoms with Gasteiger partial charge in [0.2, 0.25) is 23.4 Å². The molecule has 0 aliphatic carbocycles. The third kappa shape index (κ3) is 6.25. The molecule has 1 amide bonds. The molecule has 3 aromatic rings. The van der Waals surface area contributed by atoms with Gasteiger partial charge >= 0.3 is 0 Å². The van der Waals surface area contributed by atoms with Crippen molar-refractivity contribution in [2.24, 2.45) is 5.41 Å². The summed E-state index contributed by atoms with van der Waals surface area (Å²) in [5.74, 6) is 2.05. The number of hydrogen-bond donors (Lipinski definition) is 1. The molecule has 0 bridgehead atoms. The Hall–Kier alpha value is -3.55. The van der Waals surface area contributed by atoms with Crippen LogP contribution in [-0.2, 0) is 11.2 Å². The van der Waals surface area contributed by atoms with Crippen LogP contribution in [0.2, 0.25) is 0 Å². The van der Waals surface area contributed by atoms with Gasteiger partial charge in [0, 0.05) is 18.4 Å². The highest BCUT2D eigenvalue weighted by molar-refractivity contribution is 5.77. The predicted octanol–water partition coefficient (Wildman–Crippen LogP) is 4.60. The zero-order chi connectivity index (χ0) is 24.0. The van der Waals surface area contributed by atoms with Crippen molar-refractivity contribution in [2.45, 2.75) is 39.7 Å². The highest BCUT2D eigenvalue weighted by Gasteiger charge is 2.25. The Balaban J connectivity index is 1.93. The van der Waals surface area contributed by atoms with Crippen LogP contribution in [0.1, 0.15) is 44.7 Å². The van der Waals surface area contributed by atoms with Crippen LogP contribution in [-0.4, -0.2) is 37.4 Å². The zero-order valence-electron chi connectivity index (χ0n) is 20.0. The minimum Gasteiger partial charge on any atom is -0.493 e. The molecule has 1 atom stereocenters. The fourth-order valence-electron chi connectivity index (χ4n) is 3.48. The van der Waals surface area contributed by atoms with Gasteiger partial charge in [0.15, 0.2) is 11.5 Å². The van der Waals surface area contributed by atoms with Gasteiger partial charge in [0.05, 0.1) is 21.3 Å². The number of ether oxygens (including phenoxy) is 3. The molecule has 0 radical (unpaired) electrons. The van der Waals surface area contributed by atoms with Gasteiger partial charge in [0.1, 0.15) is 6.04 Å². The predicted molar refractivity (Wildman–Crippen MR) is 124 cm³/mol. The fraction of sp³-hybridized carbons (Fsp3) is 0.400. The summed E-state index contributed by atoms with van der Waals surface area (Å²) in [4.78, 5) is 17.3. The zero-order valence-corrected chi connectivity index (χ0v) is 20.0. The first kappa shape index (κ1) is 24.1. The van der Waals surface area contributed by atoms with E-state index in [4.69, 9.17) is 18.7 Å². The van der Waals surface area contributed by atoms with Crippen LogP contribution in [0, 0.1) is 5.41 Å². The molecule has 8 heteroatoms. The summed E-state index contributed by atoms with van der Waals surface area (Å²) in [6.07, 6.45) is 0.903. The molecule has 8 nitrogen and oxygen atoms in total. The molecule has 0 aliphatic rings. The van der Waals surface area contributed by atoms with Gasteiger partial charge in [-0.25, -0.2) is 0 Å². The lowest BCUT2D eigenvalue weighted by molar-refractivity contribution is -0.123. The molecule has 1 aromatic heterocycles. The van der Waals surface area contributed by atoms with Crippen LogP contribution < -0.4 is 19.5 Å². The first-order valence-electron chi connectivity index (χ1n) is 10.7. The number of amides is 1. The van der Waals surface area contributed by atoms with Crippen molar-refractivity contribution >= 4 is 5.91 Å². The van der Waals surface area contributed by atoms with Crippen molar-refractivity contribution in [3.8, 4) is 28.6 Å². The molecule has 3 rings (SSSR count). The first-order valence-corrected chi connectivity index (χ1v) is 10.7. The molecule has 0 aliphatic heterocycles. The number of benzene rings is 2. The number of carbonyl (C=O) groups is 1. The van der Waals surface area contributed by atoms with E-state index in [0.717, 1.165) is 5.56 Å². The van der Waals surface area contributed by atoms with Gasteiger partial charge < -0.3 is 24.1 Å². The standard InChI is InChI=1S/C25H31N3O5/c1-25(2,3)15-21(29)26-18(12-16-10-8-7-9-11-16)24-27-23(28-33-24)17-13-19(30-4)22(32-6)20(14-17)31-5/h7-11,13-14,18H,12,15H2,1-6H3,(H,26,29)/t18-/m1/s1. The Morgan fingerprint density at radius 3 is 2.21 bits per heavy atom. The molecule has 0 spiro atoms. The van der Waals surface area contributed by atoms with Crippen LogP contribution >= 0.6 is 0 Å². The second-order valence-electron chi connectivity index (χ2n) is 8.92.